The van der Waals surface area contributed by atoms with Gasteiger partial charge in [0, 0.05) is 25.7 Å². The molecule has 1 aromatic rings. The monoisotopic (exact) mass is 418 g/mol. The van der Waals surface area contributed by atoms with Crippen LogP contribution in [0, 0.1) is 5.92 Å². The maximum absolute atomic E-state index is 5.83. The van der Waals surface area contributed by atoms with Gasteiger partial charge in [-0.2, -0.15) is 0 Å². The third-order valence-electron chi connectivity index (χ3n) is 3.52. The summed E-state index contributed by atoms with van der Waals surface area (Å²) in [6.07, 6.45) is 1.04. The molecule has 126 valence electrons. The van der Waals surface area contributed by atoms with Crippen LogP contribution in [-0.2, 0) is 6.54 Å². The molecule has 3 N–H and O–H groups in total. The topological polar surface area (TPSA) is 53.6 Å². The molecule has 1 unspecified atom stereocenters. The number of aliphatic imine (C=N–C) groups is 1. The third-order valence-corrected chi connectivity index (χ3v) is 3.52. The highest BCUT2D eigenvalue weighted by atomic mass is 127. The van der Waals surface area contributed by atoms with Crippen LogP contribution in [0.25, 0.3) is 0 Å². The van der Waals surface area contributed by atoms with Gasteiger partial charge in [-0.15, -0.1) is 24.0 Å². The van der Waals surface area contributed by atoms with Crippen LogP contribution in [0.3, 0.4) is 0 Å². The van der Waals surface area contributed by atoms with Crippen molar-refractivity contribution in [3.8, 4) is 0 Å². The van der Waals surface area contributed by atoms with Gasteiger partial charge >= 0.3 is 0 Å². The summed E-state index contributed by atoms with van der Waals surface area (Å²) in [5.74, 6) is 1.10. The summed E-state index contributed by atoms with van der Waals surface area (Å²) in [4.78, 5) is 6.66. The van der Waals surface area contributed by atoms with Gasteiger partial charge in [-0.25, -0.2) is 0 Å². The van der Waals surface area contributed by atoms with Gasteiger partial charge in [0.15, 0.2) is 5.96 Å². The first kappa shape index (κ1) is 21.2. The molecule has 1 aromatic carbocycles. The number of nitrogens with zero attached hydrogens (tertiary/aromatic N) is 2. The number of nitrogens with one attached hydrogen (secondary N) is 1. The number of hydrogen-bond donors (Lipinski definition) is 2. The van der Waals surface area contributed by atoms with Crippen molar-refractivity contribution in [1.82, 2.24) is 10.2 Å². The SMILES string of the molecule is CC(C)CN=C(N)NCCC(C)N(C)Cc1ccccc1.I. The van der Waals surface area contributed by atoms with Gasteiger partial charge in [0.05, 0.1) is 0 Å². The van der Waals surface area contributed by atoms with E-state index in [1.807, 2.05) is 0 Å². The number of rotatable bonds is 8. The Morgan fingerprint density at radius 1 is 1.23 bits per heavy atom. The molecule has 0 aliphatic rings. The molecule has 1 atom stereocenters. The van der Waals surface area contributed by atoms with Crippen molar-refractivity contribution in [2.24, 2.45) is 16.6 Å². The number of hydrogen-bond acceptors (Lipinski definition) is 2. The van der Waals surface area contributed by atoms with Crippen molar-refractivity contribution in [2.45, 2.75) is 39.8 Å². The van der Waals surface area contributed by atoms with E-state index in [1.165, 1.54) is 5.56 Å². The van der Waals surface area contributed by atoms with Gasteiger partial charge < -0.3 is 11.1 Å². The van der Waals surface area contributed by atoms with E-state index in [-0.39, 0.29) is 24.0 Å². The Labute approximate surface area is 152 Å². The molecule has 0 spiro atoms. The second kappa shape index (κ2) is 11.7. The largest absolute Gasteiger partial charge is 0.370 e. The van der Waals surface area contributed by atoms with E-state index in [9.17, 15) is 0 Å². The fourth-order valence-electron chi connectivity index (χ4n) is 1.99. The molecule has 22 heavy (non-hydrogen) atoms. The second-order valence-electron chi connectivity index (χ2n) is 6.08. The first-order valence-corrected chi connectivity index (χ1v) is 7.77. The van der Waals surface area contributed by atoms with Gasteiger partial charge in [-0.1, -0.05) is 44.2 Å². The summed E-state index contributed by atoms with van der Waals surface area (Å²) in [5, 5.41) is 3.19. The standard InChI is InChI=1S/C17H30N4.HI/c1-14(2)12-20-17(18)19-11-10-15(3)21(4)13-16-8-6-5-7-9-16;/h5-9,14-15H,10-13H2,1-4H3,(H3,18,19,20);1H. The molecule has 0 amide bonds. The number of guanidine groups is 1. The summed E-state index contributed by atoms with van der Waals surface area (Å²) < 4.78 is 0. The maximum atomic E-state index is 5.83. The molecule has 4 nitrogen and oxygen atoms in total. The van der Waals surface area contributed by atoms with Crippen molar-refractivity contribution in [1.29, 1.82) is 0 Å². The highest BCUT2D eigenvalue weighted by molar-refractivity contribution is 14.0. The zero-order valence-corrected chi connectivity index (χ0v) is 16.6. The molecule has 0 aliphatic carbocycles. The molecule has 5 heteroatoms. The van der Waals surface area contributed by atoms with Crippen molar-refractivity contribution in [3.05, 3.63) is 35.9 Å². The second-order valence-corrected chi connectivity index (χ2v) is 6.08. The predicted molar refractivity (Wildman–Crippen MR) is 107 cm³/mol. The Kier molecular flexibility index (Phi) is 11.3. The smallest absolute Gasteiger partial charge is 0.188 e. The summed E-state index contributed by atoms with van der Waals surface area (Å²) in [6.45, 7) is 9.12. The molecule has 0 saturated heterocycles. The van der Waals surface area contributed by atoms with E-state index in [0.717, 1.165) is 26.1 Å². The lowest BCUT2D eigenvalue weighted by molar-refractivity contribution is 0.239. The summed E-state index contributed by atoms with van der Waals surface area (Å²) in [7, 11) is 2.16. The van der Waals surface area contributed by atoms with Crippen LogP contribution in [0.2, 0.25) is 0 Å². The zero-order valence-electron chi connectivity index (χ0n) is 14.2. The van der Waals surface area contributed by atoms with Crippen LogP contribution in [0.1, 0.15) is 32.8 Å². The van der Waals surface area contributed by atoms with E-state index < -0.39 is 0 Å². The van der Waals surface area contributed by atoms with Crippen LogP contribution in [0.15, 0.2) is 35.3 Å². The zero-order chi connectivity index (χ0) is 15.7. The van der Waals surface area contributed by atoms with Gasteiger partial charge in [-0.3, -0.25) is 9.89 Å². The molecule has 0 aliphatic heterocycles. The molecular formula is C17H31IN4. The van der Waals surface area contributed by atoms with Crippen molar-refractivity contribution in [3.63, 3.8) is 0 Å². The molecule has 1 rings (SSSR count). The highest BCUT2D eigenvalue weighted by Crippen LogP contribution is 2.07. The molecule has 0 fully saturated rings. The van der Waals surface area contributed by atoms with Gasteiger partial charge in [0.2, 0.25) is 0 Å². The Bertz CT molecular complexity index is 420. The van der Waals surface area contributed by atoms with Gasteiger partial charge in [0.25, 0.3) is 0 Å². The van der Waals surface area contributed by atoms with E-state index in [0.29, 0.717) is 17.9 Å². The lowest BCUT2D eigenvalue weighted by atomic mass is 10.1. The minimum absolute atomic E-state index is 0. The first-order valence-electron chi connectivity index (χ1n) is 7.77. The first-order chi connectivity index (χ1) is 9.99. The van der Waals surface area contributed by atoms with Crippen LogP contribution in [0.4, 0.5) is 0 Å². The lowest BCUT2D eigenvalue weighted by Crippen LogP contribution is -2.37. The fourth-order valence-corrected chi connectivity index (χ4v) is 1.99. The van der Waals surface area contributed by atoms with Crippen molar-refractivity contribution >= 4 is 29.9 Å². The Balaban J connectivity index is 0.00000441. The minimum Gasteiger partial charge on any atom is -0.370 e. The van der Waals surface area contributed by atoms with E-state index >= 15 is 0 Å². The normalized spacial score (nSPS) is 13.1. The molecule has 0 bridgehead atoms. The van der Waals surface area contributed by atoms with E-state index in [2.05, 4.69) is 73.4 Å². The van der Waals surface area contributed by atoms with Crippen molar-refractivity contribution < 1.29 is 0 Å². The van der Waals surface area contributed by atoms with Crippen molar-refractivity contribution in [2.75, 3.05) is 20.1 Å². The Hall–Kier alpha value is -0.820. The van der Waals surface area contributed by atoms with E-state index in [4.69, 9.17) is 5.73 Å². The average molecular weight is 418 g/mol. The van der Waals surface area contributed by atoms with Crippen LogP contribution >= 0.6 is 24.0 Å². The van der Waals surface area contributed by atoms with Crippen LogP contribution in [-0.4, -0.2) is 37.0 Å². The number of nitrogens with two attached hydrogens (primary N) is 1. The number of benzene rings is 1. The maximum Gasteiger partial charge on any atom is 0.188 e. The molecule has 0 saturated carbocycles. The predicted octanol–water partition coefficient (Wildman–Crippen LogP) is 3.08. The Morgan fingerprint density at radius 3 is 2.45 bits per heavy atom. The fraction of sp³-hybridized carbons (Fsp3) is 0.588. The van der Waals surface area contributed by atoms with Crippen LogP contribution < -0.4 is 11.1 Å². The molecule has 0 radical (unpaired) electrons. The quantitative estimate of drug-likeness (QED) is 0.388. The summed E-state index contributed by atoms with van der Waals surface area (Å²) >= 11 is 0. The van der Waals surface area contributed by atoms with E-state index in [1.54, 1.807) is 0 Å². The van der Waals surface area contributed by atoms with Gasteiger partial charge in [0.1, 0.15) is 0 Å². The molecule has 0 heterocycles. The molecule has 0 aromatic heterocycles. The Morgan fingerprint density at radius 2 is 1.86 bits per heavy atom. The third kappa shape index (κ3) is 9.25. The number of halogens is 1. The average Bonchev–Trinajstić information content (AvgIpc) is 2.46. The summed E-state index contributed by atoms with van der Waals surface area (Å²) in [5.41, 5.74) is 7.18. The highest BCUT2D eigenvalue weighted by Gasteiger charge is 2.09. The summed E-state index contributed by atoms with van der Waals surface area (Å²) in [6, 6.07) is 11.0. The van der Waals surface area contributed by atoms with Gasteiger partial charge in [-0.05, 0) is 31.9 Å². The molecular weight excluding hydrogens is 387 g/mol. The van der Waals surface area contributed by atoms with Crippen LogP contribution in [0.5, 0.6) is 0 Å². The minimum atomic E-state index is 0. The lowest BCUT2D eigenvalue weighted by Gasteiger charge is -2.25.